The number of aromatic nitrogens is 2. The van der Waals surface area contributed by atoms with Gasteiger partial charge in [-0.2, -0.15) is 0 Å². The SMILES string of the molecule is CN(C)c1ccc(C2C3=C(CC(C)(C)CC3=O)Nc3nc(SCc4ccccc4Cl)[nH]c(=O)c32)cc1. The van der Waals surface area contributed by atoms with Crippen molar-refractivity contribution in [3.8, 4) is 0 Å². The number of halogens is 1. The van der Waals surface area contributed by atoms with Gasteiger partial charge in [0.25, 0.3) is 5.56 Å². The molecular formula is C28H29ClN4O2S. The number of carbonyl (C=O) groups is 1. The molecule has 2 heterocycles. The van der Waals surface area contributed by atoms with E-state index >= 15 is 0 Å². The number of benzene rings is 2. The summed E-state index contributed by atoms with van der Waals surface area (Å²) in [4.78, 5) is 36.7. The molecule has 0 bridgehead atoms. The van der Waals surface area contributed by atoms with E-state index in [9.17, 15) is 9.59 Å². The van der Waals surface area contributed by atoms with Crippen molar-refractivity contribution in [2.75, 3.05) is 24.3 Å². The number of ketones is 1. The average molecular weight is 521 g/mol. The van der Waals surface area contributed by atoms with Crippen LogP contribution in [0, 0.1) is 5.41 Å². The van der Waals surface area contributed by atoms with Crippen molar-refractivity contribution in [3.05, 3.63) is 91.9 Å². The number of fused-ring (bicyclic) bond motifs is 1. The lowest BCUT2D eigenvalue weighted by Crippen LogP contribution is -2.37. The summed E-state index contributed by atoms with van der Waals surface area (Å²) in [6, 6.07) is 15.7. The molecule has 0 fully saturated rings. The Kier molecular flexibility index (Phi) is 6.47. The first-order chi connectivity index (χ1) is 17.1. The minimum absolute atomic E-state index is 0.0812. The molecule has 0 saturated carbocycles. The van der Waals surface area contributed by atoms with Gasteiger partial charge in [-0.05, 0) is 41.2 Å². The Morgan fingerprint density at radius 3 is 2.50 bits per heavy atom. The topological polar surface area (TPSA) is 78.1 Å². The molecule has 1 aliphatic heterocycles. The maximum Gasteiger partial charge on any atom is 0.257 e. The van der Waals surface area contributed by atoms with Gasteiger partial charge in [0, 0.05) is 54.2 Å². The van der Waals surface area contributed by atoms with Crippen LogP contribution in [-0.4, -0.2) is 29.8 Å². The second-order valence-corrected chi connectivity index (χ2v) is 11.8. The summed E-state index contributed by atoms with van der Waals surface area (Å²) in [6.07, 6.45) is 1.17. The summed E-state index contributed by atoms with van der Waals surface area (Å²) in [5.74, 6) is 0.718. The summed E-state index contributed by atoms with van der Waals surface area (Å²) in [6.45, 7) is 4.20. The van der Waals surface area contributed by atoms with Gasteiger partial charge in [-0.3, -0.25) is 9.59 Å². The number of H-pyrrole nitrogens is 1. The maximum absolute atomic E-state index is 13.5. The van der Waals surface area contributed by atoms with Crippen molar-refractivity contribution >= 4 is 40.7 Å². The number of nitrogens with zero attached hydrogens (tertiary/aromatic N) is 2. The largest absolute Gasteiger partial charge is 0.378 e. The van der Waals surface area contributed by atoms with Gasteiger partial charge in [0.1, 0.15) is 5.82 Å². The van der Waals surface area contributed by atoms with Crippen LogP contribution in [0.25, 0.3) is 0 Å². The molecule has 1 unspecified atom stereocenters. The van der Waals surface area contributed by atoms with E-state index < -0.39 is 5.92 Å². The number of carbonyl (C=O) groups excluding carboxylic acids is 1. The third kappa shape index (κ3) is 4.70. The zero-order valence-electron chi connectivity index (χ0n) is 20.8. The monoisotopic (exact) mass is 520 g/mol. The van der Waals surface area contributed by atoms with E-state index in [1.54, 1.807) is 0 Å². The van der Waals surface area contributed by atoms with Gasteiger partial charge in [0.2, 0.25) is 0 Å². The van der Waals surface area contributed by atoms with Crippen LogP contribution in [0.5, 0.6) is 0 Å². The quantitative estimate of drug-likeness (QED) is 0.318. The lowest BCUT2D eigenvalue weighted by atomic mass is 9.69. The highest BCUT2D eigenvalue weighted by Crippen LogP contribution is 2.47. The van der Waals surface area contributed by atoms with Gasteiger partial charge in [-0.25, -0.2) is 4.98 Å². The highest BCUT2D eigenvalue weighted by Gasteiger charge is 2.42. The standard InChI is InChI=1S/C28H29ClN4O2S/c1-28(2)13-20-23(21(34)14-28)22(16-9-11-18(12-10-16)33(3)4)24-25(30-20)31-27(32-26(24)35)36-15-17-7-5-6-8-19(17)29/h5-12,22H,13-15H2,1-4H3,(H2,30,31,32,35). The smallest absolute Gasteiger partial charge is 0.257 e. The Balaban J connectivity index is 1.58. The van der Waals surface area contributed by atoms with Crippen LogP contribution in [0.3, 0.4) is 0 Å². The van der Waals surface area contributed by atoms with Crippen molar-refractivity contribution in [2.24, 2.45) is 5.41 Å². The highest BCUT2D eigenvalue weighted by atomic mass is 35.5. The molecule has 5 rings (SSSR count). The highest BCUT2D eigenvalue weighted by molar-refractivity contribution is 7.98. The number of aromatic amines is 1. The molecule has 0 radical (unpaired) electrons. The molecule has 2 aromatic carbocycles. The predicted molar refractivity (Wildman–Crippen MR) is 147 cm³/mol. The minimum atomic E-state index is -0.463. The van der Waals surface area contributed by atoms with Gasteiger partial charge >= 0.3 is 0 Å². The molecule has 1 atom stereocenters. The lowest BCUT2D eigenvalue weighted by Gasteiger charge is -2.38. The van der Waals surface area contributed by atoms with Crippen LogP contribution in [-0.2, 0) is 10.5 Å². The van der Waals surface area contributed by atoms with Crippen molar-refractivity contribution in [3.63, 3.8) is 0 Å². The van der Waals surface area contributed by atoms with Gasteiger partial charge in [-0.1, -0.05) is 67.5 Å². The van der Waals surface area contributed by atoms with Crippen LogP contribution in [0.4, 0.5) is 11.5 Å². The van der Waals surface area contributed by atoms with Crippen molar-refractivity contribution in [1.29, 1.82) is 0 Å². The number of hydrogen-bond acceptors (Lipinski definition) is 6. The van der Waals surface area contributed by atoms with Crippen LogP contribution in [0.2, 0.25) is 5.02 Å². The maximum atomic E-state index is 13.5. The number of rotatable bonds is 5. The lowest BCUT2D eigenvalue weighted by molar-refractivity contribution is -0.118. The van der Waals surface area contributed by atoms with Crippen LogP contribution >= 0.6 is 23.4 Å². The molecule has 8 heteroatoms. The van der Waals surface area contributed by atoms with E-state index in [1.165, 1.54) is 11.8 Å². The van der Waals surface area contributed by atoms with E-state index in [2.05, 4.69) is 24.1 Å². The number of Topliss-reactive ketones (excluding diaryl/α,β-unsaturated/α-hetero) is 1. The van der Waals surface area contributed by atoms with Crippen molar-refractivity contribution in [1.82, 2.24) is 9.97 Å². The zero-order chi connectivity index (χ0) is 25.6. The zero-order valence-corrected chi connectivity index (χ0v) is 22.4. The molecule has 3 aromatic rings. The molecule has 0 saturated heterocycles. The van der Waals surface area contributed by atoms with Crippen LogP contribution < -0.4 is 15.8 Å². The number of thioether (sulfide) groups is 1. The predicted octanol–water partition coefficient (Wildman–Crippen LogP) is 5.98. The fraction of sp³-hybridized carbons (Fsp3) is 0.321. The number of hydrogen-bond donors (Lipinski definition) is 2. The van der Waals surface area contributed by atoms with E-state index in [1.807, 2.05) is 67.5 Å². The third-order valence-corrected chi connectivity index (χ3v) is 8.06. The average Bonchev–Trinajstić information content (AvgIpc) is 2.81. The van der Waals surface area contributed by atoms with E-state index in [0.29, 0.717) is 39.3 Å². The fourth-order valence-corrected chi connectivity index (χ4v) is 6.17. The minimum Gasteiger partial charge on any atom is -0.378 e. The summed E-state index contributed by atoms with van der Waals surface area (Å²) in [5, 5.41) is 4.58. The normalized spacial score (nSPS) is 18.4. The van der Waals surface area contributed by atoms with E-state index in [4.69, 9.17) is 16.6 Å². The molecule has 1 aliphatic carbocycles. The molecule has 0 spiro atoms. The molecule has 0 amide bonds. The fourth-order valence-electron chi connectivity index (χ4n) is 5.02. The van der Waals surface area contributed by atoms with Gasteiger partial charge in [0.15, 0.2) is 10.9 Å². The molecular weight excluding hydrogens is 492 g/mol. The molecule has 1 aromatic heterocycles. The number of allylic oxidation sites excluding steroid dienone is 2. The molecule has 2 aliphatic rings. The van der Waals surface area contributed by atoms with Gasteiger partial charge < -0.3 is 15.2 Å². The Labute approximate surface area is 220 Å². The Bertz CT molecular complexity index is 1430. The molecule has 186 valence electrons. The molecule has 36 heavy (non-hydrogen) atoms. The van der Waals surface area contributed by atoms with Gasteiger partial charge in [0.05, 0.1) is 5.56 Å². The Morgan fingerprint density at radius 2 is 1.81 bits per heavy atom. The summed E-state index contributed by atoms with van der Waals surface area (Å²) in [7, 11) is 3.97. The first-order valence-electron chi connectivity index (χ1n) is 11.9. The summed E-state index contributed by atoms with van der Waals surface area (Å²) >= 11 is 7.74. The van der Waals surface area contributed by atoms with Crippen molar-refractivity contribution < 1.29 is 4.79 Å². The second kappa shape index (κ2) is 9.45. The Morgan fingerprint density at radius 1 is 1.08 bits per heavy atom. The first kappa shape index (κ1) is 24.7. The molecule has 6 nitrogen and oxygen atoms in total. The van der Waals surface area contributed by atoms with E-state index in [0.717, 1.165) is 28.9 Å². The number of nitrogens with one attached hydrogen (secondary N) is 2. The van der Waals surface area contributed by atoms with Crippen LogP contribution in [0.15, 0.2) is 69.8 Å². The summed E-state index contributed by atoms with van der Waals surface area (Å²) in [5.41, 5.74) is 4.57. The van der Waals surface area contributed by atoms with Crippen molar-refractivity contribution in [2.45, 2.75) is 43.5 Å². The second-order valence-electron chi connectivity index (χ2n) is 10.4. The Hall–Kier alpha value is -3.03. The first-order valence-corrected chi connectivity index (χ1v) is 13.3. The summed E-state index contributed by atoms with van der Waals surface area (Å²) < 4.78 is 0. The third-order valence-electron chi connectivity index (χ3n) is 6.77. The molecule has 2 N–H and O–H groups in total. The van der Waals surface area contributed by atoms with Gasteiger partial charge in [-0.15, -0.1) is 0 Å². The van der Waals surface area contributed by atoms with E-state index in [-0.39, 0.29) is 16.8 Å². The van der Waals surface area contributed by atoms with Crippen LogP contribution in [0.1, 0.15) is 49.3 Å². The number of anilines is 2.